The summed E-state index contributed by atoms with van der Waals surface area (Å²) in [5, 5.41) is 20.4. The molecule has 3 aromatic carbocycles. The van der Waals surface area contributed by atoms with Crippen LogP contribution in [-0.2, 0) is 4.79 Å². The molecule has 132 valence electrons. The molecule has 2 N–H and O–H groups in total. The van der Waals surface area contributed by atoms with Crippen LogP contribution in [0.5, 0.6) is 5.75 Å². The van der Waals surface area contributed by atoms with Gasteiger partial charge in [0.15, 0.2) is 0 Å². The molecule has 26 heavy (non-hydrogen) atoms. The number of hydrogen-bond donors (Lipinski definition) is 2. The van der Waals surface area contributed by atoms with E-state index in [0.29, 0.717) is 16.9 Å². The maximum atomic E-state index is 11.8. The Labute approximate surface area is 152 Å². The summed E-state index contributed by atoms with van der Waals surface area (Å²) in [6.07, 6.45) is -1.18. The van der Waals surface area contributed by atoms with Crippen molar-refractivity contribution in [2.45, 2.75) is 12.0 Å². The lowest BCUT2D eigenvalue weighted by Gasteiger charge is -2.20. The van der Waals surface area contributed by atoms with Gasteiger partial charge in [0.1, 0.15) is 11.7 Å². The Morgan fingerprint density at radius 1 is 0.846 bits per heavy atom. The summed E-state index contributed by atoms with van der Waals surface area (Å²) < 4.78 is 5.16. The van der Waals surface area contributed by atoms with Crippen molar-refractivity contribution in [2.75, 3.05) is 7.11 Å². The van der Waals surface area contributed by atoms with Crippen LogP contribution in [0.25, 0.3) is 11.1 Å². The predicted molar refractivity (Wildman–Crippen MR) is 100 cm³/mol. The molecule has 4 nitrogen and oxygen atoms in total. The van der Waals surface area contributed by atoms with Crippen molar-refractivity contribution in [3.05, 3.63) is 90.0 Å². The third-order valence-corrected chi connectivity index (χ3v) is 4.39. The van der Waals surface area contributed by atoms with E-state index in [0.717, 1.165) is 11.1 Å². The molecule has 0 heterocycles. The summed E-state index contributed by atoms with van der Waals surface area (Å²) in [7, 11) is 1.53. The van der Waals surface area contributed by atoms with Gasteiger partial charge in [0.2, 0.25) is 0 Å². The van der Waals surface area contributed by atoms with Gasteiger partial charge >= 0.3 is 5.97 Å². The Morgan fingerprint density at radius 2 is 1.50 bits per heavy atom. The highest BCUT2D eigenvalue weighted by Gasteiger charge is 2.29. The second kappa shape index (κ2) is 7.85. The van der Waals surface area contributed by atoms with Crippen molar-refractivity contribution in [1.29, 1.82) is 0 Å². The first kappa shape index (κ1) is 17.7. The smallest absolute Gasteiger partial charge is 0.314 e. The highest BCUT2D eigenvalue weighted by Crippen LogP contribution is 2.33. The maximum absolute atomic E-state index is 11.8. The van der Waals surface area contributed by atoms with E-state index in [-0.39, 0.29) is 0 Å². The fourth-order valence-corrected chi connectivity index (χ4v) is 2.99. The number of ether oxygens (including phenoxy) is 1. The van der Waals surface area contributed by atoms with Crippen LogP contribution in [-0.4, -0.2) is 23.3 Å². The summed E-state index contributed by atoms with van der Waals surface area (Å²) in [4.78, 5) is 11.8. The van der Waals surface area contributed by atoms with E-state index in [9.17, 15) is 15.0 Å². The zero-order valence-corrected chi connectivity index (χ0v) is 14.4. The molecule has 0 bridgehead atoms. The van der Waals surface area contributed by atoms with E-state index in [1.807, 2.05) is 42.5 Å². The van der Waals surface area contributed by atoms with Gasteiger partial charge in [0.05, 0.1) is 13.2 Å². The lowest BCUT2D eigenvalue weighted by molar-refractivity contribution is -0.141. The molecule has 0 aliphatic rings. The van der Waals surface area contributed by atoms with E-state index in [2.05, 4.69) is 0 Å². The fraction of sp³-hybridized carbons (Fsp3) is 0.136. The van der Waals surface area contributed by atoms with Crippen molar-refractivity contribution < 1.29 is 19.7 Å². The van der Waals surface area contributed by atoms with E-state index in [4.69, 9.17) is 4.74 Å². The number of carboxylic acid groups (broad SMARTS) is 1. The molecule has 3 rings (SSSR count). The van der Waals surface area contributed by atoms with E-state index in [1.54, 1.807) is 36.4 Å². The van der Waals surface area contributed by atoms with Crippen LogP contribution in [0.15, 0.2) is 78.9 Å². The zero-order valence-electron chi connectivity index (χ0n) is 14.4. The van der Waals surface area contributed by atoms with Crippen molar-refractivity contribution >= 4 is 5.97 Å². The molecule has 0 fully saturated rings. The minimum absolute atomic E-state index is 0.504. The van der Waals surface area contributed by atoms with Crippen LogP contribution in [0.4, 0.5) is 0 Å². The highest BCUT2D eigenvalue weighted by atomic mass is 16.5. The summed E-state index contributed by atoms with van der Waals surface area (Å²) in [6.45, 7) is 0. The molecular formula is C22H20O4. The van der Waals surface area contributed by atoms with E-state index < -0.39 is 18.0 Å². The van der Waals surface area contributed by atoms with Crippen LogP contribution in [0.2, 0.25) is 0 Å². The molecule has 0 amide bonds. The standard InChI is InChI=1S/C22H20O4/c1-26-19-9-5-8-18(14-19)21(23)20(22(24)25)17-12-10-16(11-13-17)15-6-3-2-4-7-15/h2-14,20-21,23H,1H3,(H,24,25). The van der Waals surface area contributed by atoms with Gasteiger partial charge in [-0.2, -0.15) is 0 Å². The Hall–Kier alpha value is -3.11. The number of carboxylic acids is 1. The molecular weight excluding hydrogens is 328 g/mol. The minimum Gasteiger partial charge on any atom is -0.497 e. The molecule has 0 radical (unpaired) electrons. The summed E-state index contributed by atoms with van der Waals surface area (Å²) in [5.41, 5.74) is 3.10. The Morgan fingerprint density at radius 3 is 2.12 bits per heavy atom. The van der Waals surface area contributed by atoms with Gasteiger partial charge in [-0.3, -0.25) is 4.79 Å². The number of aliphatic carboxylic acids is 1. The van der Waals surface area contributed by atoms with Gasteiger partial charge in [-0.1, -0.05) is 66.7 Å². The monoisotopic (exact) mass is 348 g/mol. The Bertz CT molecular complexity index is 872. The Balaban J connectivity index is 1.91. The molecule has 0 spiro atoms. The lowest BCUT2D eigenvalue weighted by Crippen LogP contribution is -2.20. The number of hydrogen-bond acceptors (Lipinski definition) is 3. The van der Waals surface area contributed by atoms with Crippen LogP contribution in [0.1, 0.15) is 23.1 Å². The molecule has 0 saturated heterocycles. The summed E-state index contributed by atoms with van der Waals surface area (Å²) in [5.74, 6) is -1.56. The van der Waals surface area contributed by atoms with Crippen LogP contribution in [0.3, 0.4) is 0 Å². The van der Waals surface area contributed by atoms with Crippen molar-refractivity contribution in [3.8, 4) is 16.9 Å². The minimum atomic E-state index is -1.18. The first-order chi connectivity index (χ1) is 12.6. The molecule has 3 aromatic rings. The number of aliphatic hydroxyl groups excluding tert-OH is 1. The molecule has 4 heteroatoms. The van der Waals surface area contributed by atoms with Crippen LogP contribution in [0, 0.1) is 0 Å². The van der Waals surface area contributed by atoms with Gasteiger partial charge < -0.3 is 14.9 Å². The molecule has 0 aromatic heterocycles. The van der Waals surface area contributed by atoms with Crippen LogP contribution < -0.4 is 4.74 Å². The predicted octanol–water partition coefficient (Wildman–Crippen LogP) is 4.26. The topological polar surface area (TPSA) is 66.8 Å². The van der Waals surface area contributed by atoms with Gasteiger partial charge in [-0.25, -0.2) is 0 Å². The normalized spacial score (nSPS) is 13.0. The zero-order chi connectivity index (χ0) is 18.5. The van der Waals surface area contributed by atoms with Crippen LogP contribution >= 0.6 is 0 Å². The fourth-order valence-electron chi connectivity index (χ4n) is 2.99. The van der Waals surface area contributed by atoms with Gasteiger partial charge in [-0.05, 0) is 34.4 Å². The third-order valence-electron chi connectivity index (χ3n) is 4.39. The molecule has 0 aliphatic heterocycles. The summed E-state index contributed by atoms with van der Waals surface area (Å²) in [6, 6.07) is 23.9. The summed E-state index contributed by atoms with van der Waals surface area (Å²) >= 11 is 0. The highest BCUT2D eigenvalue weighted by molar-refractivity contribution is 5.78. The second-order valence-electron chi connectivity index (χ2n) is 6.03. The Kier molecular flexibility index (Phi) is 5.34. The average molecular weight is 348 g/mol. The number of methoxy groups -OCH3 is 1. The van der Waals surface area contributed by atoms with Crippen molar-refractivity contribution in [2.24, 2.45) is 0 Å². The van der Waals surface area contributed by atoms with Crippen molar-refractivity contribution in [1.82, 2.24) is 0 Å². The molecule has 0 saturated carbocycles. The number of rotatable bonds is 6. The average Bonchev–Trinajstić information content (AvgIpc) is 2.69. The maximum Gasteiger partial charge on any atom is 0.314 e. The van der Waals surface area contributed by atoms with E-state index >= 15 is 0 Å². The van der Waals surface area contributed by atoms with Gasteiger partial charge in [0.25, 0.3) is 0 Å². The SMILES string of the molecule is COc1cccc(C(O)C(C(=O)O)c2ccc(-c3ccccc3)cc2)c1. The molecule has 2 atom stereocenters. The first-order valence-electron chi connectivity index (χ1n) is 8.30. The van der Waals surface area contributed by atoms with Gasteiger partial charge in [-0.15, -0.1) is 0 Å². The largest absolute Gasteiger partial charge is 0.497 e. The number of carbonyl (C=O) groups is 1. The number of aliphatic hydroxyl groups is 1. The second-order valence-corrected chi connectivity index (χ2v) is 6.03. The molecule has 2 unspecified atom stereocenters. The van der Waals surface area contributed by atoms with Crippen molar-refractivity contribution in [3.63, 3.8) is 0 Å². The molecule has 0 aliphatic carbocycles. The lowest BCUT2D eigenvalue weighted by atomic mass is 9.88. The van der Waals surface area contributed by atoms with E-state index in [1.165, 1.54) is 7.11 Å². The van der Waals surface area contributed by atoms with Gasteiger partial charge in [0, 0.05) is 0 Å². The number of benzene rings is 3. The third kappa shape index (κ3) is 3.76. The quantitative estimate of drug-likeness (QED) is 0.698. The first-order valence-corrected chi connectivity index (χ1v) is 8.30.